The second kappa shape index (κ2) is 6.72. The van der Waals surface area contributed by atoms with E-state index in [9.17, 15) is 4.79 Å². The first-order valence-electron chi connectivity index (χ1n) is 6.76. The molecule has 3 rings (SSSR count). The van der Waals surface area contributed by atoms with Crippen LogP contribution in [0.25, 0.3) is 0 Å². The van der Waals surface area contributed by atoms with Crippen molar-refractivity contribution in [1.29, 1.82) is 0 Å². The Kier molecular flexibility index (Phi) is 4.50. The average Bonchev–Trinajstić information content (AvgIpc) is 2.57. The molecule has 102 valence electrons. The first-order valence-corrected chi connectivity index (χ1v) is 9.09. The summed E-state index contributed by atoms with van der Waals surface area (Å²) in [6.45, 7) is 0. The molecule has 0 unspecified atom stereocenters. The van der Waals surface area contributed by atoms with E-state index in [0.29, 0.717) is 0 Å². The fourth-order valence-corrected chi connectivity index (χ4v) is 4.45. The van der Waals surface area contributed by atoms with Crippen LogP contribution in [0.3, 0.4) is 0 Å². The van der Waals surface area contributed by atoms with Gasteiger partial charge in [0.25, 0.3) is 0 Å². The van der Waals surface area contributed by atoms with Crippen molar-refractivity contribution in [3.63, 3.8) is 0 Å². The molecule has 3 aromatic carbocycles. The van der Waals surface area contributed by atoms with Gasteiger partial charge in [-0.2, -0.15) is 0 Å². The zero-order valence-corrected chi connectivity index (χ0v) is 13.7. The fourth-order valence-electron chi connectivity index (χ4n) is 2.06. The van der Waals surface area contributed by atoms with Gasteiger partial charge in [0.15, 0.2) is 0 Å². The third kappa shape index (κ3) is 3.61. The Hall–Kier alpha value is -1.88. The molecule has 0 aromatic heterocycles. The average molecular weight is 386 g/mol. The third-order valence-electron chi connectivity index (χ3n) is 3.13. The zero-order valence-electron chi connectivity index (χ0n) is 11.4. The molecule has 0 N–H and O–H groups in total. The van der Waals surface area contributed by atoms with Gasteiger partial charge >= 0.3 is 135 Å². The molecule has 2 heteroatoms. The van der Waals surface area contributed by atoms with Crippen molar-refractivity contribution in [2.75, 3.05) is 0 Å². The van der Waals surface area contributed by atoms with Gasteiger partial charge in [0.05, 0.1) is 0 Å². The van der Waals surface area contributed by atoms with Crippen LogP contribution in [0.1, 0.15) is 15.9 Å². The van der Waals surface area contributed by atoms with Crippen LogP contribution >= 0.6 is 0 Å². The Bertz CT molecular complexity index is 719. The SMILES string of the molecule is O=C(c1ccccc1)c1ccc([Te]c2ccccc2)cc1. The van der Waals surface area contributed by atoms with Crippen molar-refractivity contribution in [1.82, 2.24) is 0 Å². The molecule has 0 radical (unpaired) electrons. The van der Waals surface area contributed by atoms with Gasteiger partial charge in [-0.05, 0) is 0 Å². The molecule has 1 nitrogen and oxygen atoms in total. The normalized spacial score (nSPS) is 10.3. The molecule has 0 spiro atoms. The molecule has 0 fully saturated rings. The number of carbonyl (C=O) groups is 1. The minimum atomic E-state index is -0.363. The molecular weight excluding hydrogens is 372 g/mol. The first-order chi connectivity index (χ1) is 10.3. The van der Waals surface area contributed by atoms with Crippen LogP contribution in [0.15, 0.2) is 84.9 Å². The summed E-state index contributed by atoms with van der Waals surface area (Å²) >= 11 is -0.363. The summed E-state index contributed by atoms with van der Waals surface area (Å²) in [5.74, 6) is 0.0856. The van der Waals surface area contributed by atoms with Crippen molar-refractivity contribution < 1.29 is 4.79 Å². The van der Waals surface area contributed by atoms with Crippen LogP contribution in [0.2, 0.25) is 0 Å². The van der Waals surface area contributed by atoms with Crippen molar-refractivity contribution in [2.24, 2.45) is 0 Å². The quantitative estimate of drug-likeness (QED) is 0.498. The van der Waals surface area contributed by atoms with Gasteiger partial charge in [-0.15, -0.1) is 0 Å². The maximum atomic E-state index is 12.3. The number of carbonyl (C=O) groups excluding carboxylic acids is 1. The van der Waals surface area contributed by atoms with Crippen molar-refractivity contribution >= 4 is 33.9 Å². The van der Waals surface area contributed by atoms with Crippen LogP contribution < -0.4 is 7.22 Å². The number of benzene rings is 3. The third-order valence-corrected chi connectivity index (χ3v) is 6.03. The summed E-state index contributed by atoms with van der Waals surface area (Å²) in [6, 6.07) is 28.0. The van der Waals surface area contributed by atoms with E-state index in [0.717, 1.165) is 11.1 Å². The zero-order chi connectivity index (χ0) is 14.5. The van der Waals surface area contributed by atoms with E-state index in [1.807, 2.05) is 48.5 Å². The molecule has 0 amide bonds. The van der Waals surface area contributed by atoms with Crippen LogP contribution in [-0.4, -0.2) is 26.7 Å². The topological polar surface area (TPSA) is 17.1 Å². The molecule has 0 aliphatic carbocycles. The predicted octanol–water partition coefficient (Wildman–Crippen LogP) is 2.57. The van der Waals surface area contributed by atoms with Gasteiger partial charge in [-0.25, -0.2) is 0 Å². The van der Waals surface area contributed by atoms with Crippen molar-refractivity contribution in [3.8, 4) is 0 Å². The molecule has 3 aromatic rings. The monoisotopic (exact) mass is 388 g/mol. The number of hydrogen-bond acceptors (Lipinski definition) is 1. The first kappa shape index (κ1) is 14.1. The Morgan fingerprint density at radius 1 is 0.571 bits per heavy atom. The predicted molar refractivity (Wildman–Crippen MR) is 87.8 cm³/mol. The Morgan fingerprint density at radius 2 is 1.05 bits per heavy atom. The van der Waals surface area contributed by atoms with E-state index in [2.05, 4.69) is 36.4 Å². The van der Waals surface area contributed by atoms with E-state index in [1.165, 1.54) is 7.22 Å². The molecule has 0 aliphatic rings. The summed E-state index contributed by atoms with van der Waals surface area (Å²) in [7, 11) is 0. The number of ketones is 1. The fraction of sp³-hybridized carbons (Fsp3) is 0. The summed E-state index contributed by atoms with van der Waals surface area (Å²) < 4.78 is 2.75. The van der Waals surface area contributed by atoms with E-state index >= 15 is 0 Å². The van der Waals surface area contributed by atoms with Gasteiger partial charge in [0.2, 0.25) is 0 Å². The Balaban J connectivity index is 1.77. The molecule has 0 saturated heterocycles. The van der Waals surface area contributed by atoms with Gasteiger partial charge in [0, 0.05) is 0 Å². The van der Waals surface area contributed by atoms with E-state index in [-0.39, 0.29) is 26.7 Å². The molecule has 0 atom stereocenters. The Morgan fingerprint density at radius 3 is 1.67 bits per heavy atom. The van der Waals surface area contributed by atoms with Crippen LogP contribution in [0.4, 0.5) is 0 Å². The van der Waals surface area contributed by atoms with E-state index < -0.39 is 0 Å². The molecule has 0 saturated carbocycles. The van der Waals surface area contributed by atoms with Gasteiger partial charge in [-0.3, -0.25) is 0 Å². The minimum absolute atomic E-state index is 0.0856. The Labute approximate surface area is 134 Å². The standard InChI is InChI=1S/C19H14OTe/c20-19(15-7-3-1-4-8-15)16-11-13-18(14-12-16)21-17-9-5-2-6-10-17/h1-14H. The summed E-state index contributed by atoms with van der Waals surface area (Å²) in [5.41, 5.74) is 1.50. The van der Waals surface area contributed by atoms with Gasteiger partial charge in [-0.1, -0.05) is 0 Å². The van der Waals surface area contributed by atoms with Crippen molar-refractivity contribution in [2.45, 2.75) is 0 Å². The number of hydrogen-bond donors (Lipinski definition) is 0. The summed E-state index contributed by atoms with van der Waals surface area (Å²) in [5, 5.41) is 0. The molecule has 21 heavy (non-hydrogen) atoms. The second-order valence-corrected chi connectivity index (χ2v) is 7.91. The molecule has 0 aliphatic heterocycles. The van der Waals surface area contributed by atoms with Crippen LogP contribution in [0, 0.1) is 0 Å². The summed E-state index contributed by atoms with van der Waals surface area (Å²) in [6.07, 6.45) is 0. The van der Waals surface area contributed by atoms with Crippen molar-refractivity contribution in [3.05, 3.63) is 96.1 Å². The van der Waals surface area contributed by atoms with Crippen LogP contribution in [0.5, 0.6) is 0 Å². The molecule has 0 bridgehead atoms. The van der Waals surface area contributed by atoms with Gasteiger partial charge in [0.1, 0.15) is 0 Å². The maximum absolute atomic E-state index is 12.3. The van der Waals surface area contributed by atoms with E-state index in [1.54, 1.807) is 0 Å². The van der Waals surface area contributed by atoms with Gasteiger partial charge < -0.3 is 0 Å². The van der Waals surface area contributed by atoms with Crippen LogP contribution in [-0.2, 0) is 0 Å². The van der Waals surface area contributed by atoms with E-state index in [4.69, 9.17) is 0 Å². The molecule has 0 heterocycles. The molecular formula is C19H14OTe. The summed E-state index contributed by atoms with van der Waals surface area (Å²) in [4.78, 5) is 12.3. The number of rotatable bonds is 4. The second-order valence-electron chi connectivity index (χ2n) is 4.63.